The first-order valence-corrected chi connectivity index (χ1v) is 7.78. The third-order valence-electron chi connectivity index (χ3n) is 4.11. The monoisotopic (exact) mass is 246 g/mol. The van der Waals surface area contributed by atoms with Gasteiger partial charge < -0.3 is 5.73 Å². The lowest BCUT2D eigenvalue weighted by Crippen LogP contribution is -2.50. The third-order valence-corrected chi connectivity index (χ3v) is 6.43. The van der Waals surface area contributed by atoms with Crippen molar-refractivity contribution in [2.45, 2.75) is 50.3 Å². The molecule has 0 radical (unpaired) electrons. The van der Waals surface area contributed by atoms with Gasteiger partial charge in [0.25, 0.3) is 0 Å². The largest absolute Gasteiger partial charge is 0.329 e. The Bertz CT molecular complexity index is 342. The van der Waals surface area contributed by atoms with Crippen LogP contribution in [-0.2, 0) is 10.0 Å². The summed E-state index contributed by atoms with van der Waals surface area (Å²) >= 11 is 0. The number of hydrogen-bond acceptors (Lipinski definition) is 3. The minimum Gasteiger partial charge on any atom is -0.329 e. The van der Waals surface area contributed by atoms with Crippen molar-refractivity contribution in [1.82, 2.24) is 4.31 Å². The summed E-state index contributed by atoms with van der Waals surface area (Å²) in [6.07, 6.45) is 5.64. The fourth-order valence-corrected chi connectivity index (χ4v) is 4.82. The molecule has 0 bridgehead atoms. The fraction of sp³-hybridized carbons (Fsp3) is 1.00. The lowest BCUT2D eigenvalue weighted by Gasteiger charge is -2.38. The van der Waals surface area contributed by atoms with Crippen LogP contribution in [0.15, 0.2) is 0 Å². The first-order chi connectivity index (χ1) is 7.57. The van der Waals surface area contributed by atoms with E-state index in [4.69, 9.17) is 5.73 Å². The van der Waals surface area contributed by atoms with Crippen molar-refractivity contribution in [3.63, 3.8) is 0 Å². The van der Waals surface area contributed by atoms with Gasteiger partial charge in [0.05, 0.1) is 5.25 Å². The van der Waals surface area contributed by atoms with Gasteiger partial charge >= 0.3 is 0 Å². The number of fused-ring (bicyclic) bond motifs is 1. The van der Waals surface area contributed by atoms with E-state index in [9.17, 15) is 8.42 Å². The molecule has 1 aliphatic heterocycles. The molecule has 2 aliphatic rings. The molecule has 0 aromatic carbocycles. The van der Waals surface area contributed by atoms with Crippen LogP contribution in [0.4, 0.5) is 0 Å². The predicted octanol–water partition coefficient (Wildman–Crippen LogP) is 0.928. The van der Waals surface area contributed by atoms with Crippen molar-refractivity contribution in [2.24, 2.45) is 11.7 Å². The molecule has 1 heterocycles. The van der Waals surface area contributed by atoms with Crippen molar-refractivity contribution in [2.75, 3.05) is 13.1 Å². The Kier molecular flexibility index (Phi) is 3.56. The third kappa shape index (κ3) is 2.00. The average Bonchev–Trinajstić information content (AvgIpc) is 2.75. The Labute approximate surface area is 98.2 Å². The van der Waals surface area contributed by atoms with Crippen LogP contribution in [0.25, 0.3) is 0 Å². The first-order valence-electron chi connectivity index (χ1n) is 6.28. The van der Waals surface area contributed by atoms with Gasteiger partial charge in [0.15, 0.2) is 0 Å². The van der Waals surface area contributed by atoms with Gasteiger partial charge in [-0.3, -0.25) is 0 Å². The standard InChI is InChI=1S/C11H22N2O2S/c1-9(8-12)16(14,15)13-7-3-5-10-4-2-6-11(10)13/h9-11H,2-8,12H2,1H3. The van der Waals surface area contributed by atoms with Crippen LogP contribution >= 0.6 is 0 Å². The van der Waals surface area contributed by atoms with E-state index >= 15 is 0 Å². The molecule has 5 heteroatoms. The summed E-state index contributed by atoms with van der Waals surface area (Å²) in [6, 6.07) is 0.271. The molecule has 2 fully saturated rings. The first kappa shape index (κ1) is 12.3. The summed E-state index contributed by atoms with van der Waals surface area (Å²) in [7, 11) is -3.16. The Hall–Kier alpha value is -0.130. The van der Waals surface area contributed by atoms with Crippen molar-refractivity contribution in [3.8, 4) is 0 Å². The molecule has 0 aromatic rings. The van der Waals surface area contributed by atoms with Gasteiger partial charge in [-0.1, -0.05) is 6.42 Å². The highest BCUT2D eigenvalue weighted by molar-refractivity contribution is 7.89. The zero-order valence-electron chi connectivity index (χ0n) is 9.93. The van der Waals surface area contributed by atoms with Crippen LogP contribution < -0.4 is 5.73 Å². The Balaban J connectivity index is 2.19. The topological polar surface area (TPSA) is 63.4 Å². The second-order valence-corrected chi connectivity index (χ2v) is 7.41. The Morgan fingerprint density at radius 2 is 2.00 bits per heavy atom. The van der Waals surface area contributed by atoms with Gasteiger partial charge in [-0.2, -0.15) is 4.31 Å². The summed E-state index contributed by atoms with van der Waals surface area (Å²) < 4.78 is 26.4. The fourth-order valence-electron chi connectivity index (χ4n) is 3.08. The Morgan fingerprint density at radius 3 is 2.69 bits per heavy atom. The molecule has 0 spiro atoms. The molecule has 2 N–H and O–H groups in total. The van der Waals surface area contributed by atoms with Gasteiger partial charge in [-0.15, -0.1) is 0 Å². The zero-order valence-corrected chi connectivity index (χ0v) is 10.7. The quantitative estimate of drug-likeness (QED) is 0.805. The minimum atomic E-state index is -3.16. The summed E-state index contributed by atoms with van der Waals surface area (Å²) in [5.74, 6) is 0.605. The van der Waals surface area contributed by atoms with Crippen LogP contribution in [-0.4, -0.2) is 37.1 Å². The van der Waals surface area contributed by atoms with Crippen molar-refractivity contribution < 1.29 is 8.42 Å². The number of nitrogens with two attached hydrogens (primary N) is 1. The summed E-state index contributed by atoms with van der Waals surface area (Å²) in [4.78, 5) is 0. The maximum atomic E-state index is 12.3. The molecule has 4 nitrogen and oxygen atoms in total. The molecular weight excluding hydrogens is 224 g/mol. The smallest absolute Gasteiger partial charge is 0.218 e. The number of hydrogen-bond donors (Lipinski definition) is 1. The van der Waals surface area contributed by atoms with Crippen LogP contribution in [0, 0.1) is 5.92 Å². The molecule has 1 aliphatic carbocycles. The van der Waals surface area contributed by atoms with Gasteiger partial charge in [0, 0.05) is 19.1 Å². The van der Waals surface area contributed by atoms with Crippen LogP contribution in [0.1, 0.15) is 39.0 Å². The second kappa shape index (κ2) is 4.63. The van der Waals surface area contributed by atoms with Gasteiger partial charge in [0.1, 0.15) is 0 Å². The lowest BCUT2D eigenvalue weighted by atomic mass is 9.94. The molecule has 0 aromatic heterocycles. The molecule has 3 atom stereocenters. The molecule has 1 saturated carbocycles. The average molecular weight is 246 g/mol. The SMILES string of the molecule is CC(CN)S(=O)(=O)N1CCCC2CCCC21. The zero-order chi connectivity index (χ0) is 11.8. The van der Waals surface area contributed by atoms with E-state index in [1.807, 2.05) is 0 Å². The van der Waals surface area contributed by atoms with E-state index in [0.717, 1.165) is 12.8 Å². The Morgan fingerprint density at radius 1 is 1.31 bits per heavy atom. The highest BCUT2D eigenvalue weighted by Crippen LogP contribution is 2.38. The summed E-state index contributed by atoms with van der Waals surface area (Å²) in [5.41, 5.74) is 5.50. The maximum absolute atomic E-state index is 12.3. The van der Waals surface area contributed by atoms with Crippen molar-refractivity contribution >= 4 is 10.0 Å². The highest BCUT2D eigenvalue weighted by atomic mass is 32.2. The molecule has 94 valence electrons. The molecular formula is C11H22N2O2S. The van der Waals surface area contributed by atoms with Crippen molar-refractivity contribution in [3.05, 3.63) is 0 Å². The molecule has 1 saturated heterocycles. The summed E-state index contributed by atoms with van der Waals surface area (Å²) in [6.45, 7) is 2.64. The van der Waals surface area contributed by atoms with E-state index in [2.05, 4.69) is 0 Å². The second-order valence-electron chi connectivity index (χ2n) is 5.10. The van der Waals surface area contributed by atoms with E-state index in [1.165, 1.54) is 19.3 Å². The molecule has 2 rings (SSSR count). The van der Waals surface area contributed by atoms with E-state index in [-0.39, 0.29) is 12.6 Å². The van der Waals surface area contributed by atoms with E-state index < -0.39 is 15.3 Å². The molecule has 0 amide bonds. The number of sulfonamides is 1. The van der Waals surface area contributed by atoms with Gasteiger partial charge in [0.2, 0.25) is 10.0 Å². The van der Waals surface area contributed by atoms with Crippen LogP contribution in [0.5, 0.6) is 0 Å². The number of rotatable bonds is 3. The minimum absolute atomic E-state index is 0.218. The highest BCUT2D eigenvalue weighted by Gasteiger charge is 2.42. The number of nitrogens with zero attached hydrogens (tertiary/aromatic N) is 1. The van der Waals surface area contributed by atoms with E-state index in [0.29, 0.717) is 12.5 Å². The molecule has 16 heavy (non-hydrogen) atoms. The molecule has 3 unspecified atom stereocenters. The van der Waals surface area contributed by atoms with Crippen LogP contribution in [0.3, 0.4) is 0 Å². The van der Waals surface area contributed by atoms with Gasteiger partial charge in [-0.05, 0) is 38.5 Å². The lowest BCUT2D eigenvalue weighted by molar-refractivity contribution is 0.200. The number of piperidine rings is 1. The van der Waals surface area contributed by atoms with Crippen LogP contribution in [0.2, 0.25) is 0 Å². The predicted molar refractivity (Wildman–Crippen MR) is 64.5 cm³/mol. The van der Waals surface area contributed by atoms with Gasteiger partial charge in [-0.25, -0.2) is 8.42 Å². The van der Waals surface area contributed by atoms with E-state index in [1.54, 1.807) is 11.2 Å². The summed E-state index contributed by atoms with van der Waals surface area (Å²) in [5, 5.41) is -0.438. The maximum Gasteiger partial charge on any atom is 0.218 e. The van der Waals surface area contributed by atoms with Crippen molar-refractivity contribution in [1.29, 1.82) is 0 Å². The normalized spacial score (nSPS) is 33.6.